The van der Waals surface area contributed by atoms with Gasteiger partial charge in [0, 0.05) is 37.2 Å². The first-order chi connectivity index (χ1) is 15.5. The maximum absolute atomic E-state index is 12.2. The molecule has 2 aliphatic rings. The average Bonchev–Trinajstić information content (AvgIpc) is 3.26. The van der Waals surface area contributed by atoms with Gasteiger partial charge in [0.2, 0.25) is 12.3 Å². The number of unbranched alkanes of at least 4 members (excludes halogenated alkanes) is 1. The second-order valence-corrected chi connectivity index (χ2v) is 8.16. The number of nitrogens with one attached hydrogen (secondary N) is 2. The fraction of sp³-hybridized carbons (Fsp3) is 0.480. The Morgan fingerprint density at radius 2 is 2.28 bits per heavy atom. The lowest BCUT2D eigenvalue weighted by Gasteiger charge is -2.22. The van der Waals surface area contributed by atoms with Gasteiger partial charge in [-0.25, -0.2) is 0 Å². The van der Waals surface area contributed by atoms with Crippen molar-refractivity contribution in [1.82, 2.24) is 15.5 Å². The molecule has 1 aliphatic heterocycles. The fourth-order valence-corrected chi connectivity index (χ4v) is 3.91. The van der Waals surface area contributed by atoms with Crippen molar-refractivity contribution < 1.29 is 14.7 Å². The molecular formula is C25H36N4O3. The molecule has 0 aromatic carbocycles. The van der Waals surface area contributed by atoms with Crippen LogP contribution in [0.15, 0.2) is 66.0 Å². The van der Waals surface area contributed by atoms with Crippen LogP contribution in [0.3, 0.4) is 0 Å². The van der Waals surface area contributed by atoms with Gasteiger partial charge in [-0.2, -0.15) is 0 Å². The second kappa shape index (κ2) is 14.3. The zero-order valence-electron chi connectivity index (χ0n) is 18.9. The van der Waals surface area contributed by atoms with Gasteiger partial charge in [0.15, 0.2) is 0 Å². The van der Waals surface area contributed by atoms with Gasteiger partial charge in [-0.1, -0.05) is 30.4 Å². The van der Waals surface area contributed by atoms with E-state index in [0.717, 1.165) is 44.2 Å². The summed E-state index contributed by atoms with van der Waals surface area (Å²) in [5.74, 6) is 0.148. The van der Waals surface area contributed by atoms with Crippen molar-refractivity contribution in [3.05, 3.63) is 61.0 Å². The number of amides is 2. The molecule has 1 saturated heterocycles. The Balaban J connectivity index is 1.72. The third-order valence-electron chi connectivity index (χ3n) is 5.59. The highest BCUT2D eigenvalue weighted by Crippen LogP contribution is 2.26. The topological polar surface area (TPSA) is 94.0 Å². The number of carbonyl (C=O) groups excluding carboxylic acids is 2. The normalized spacial score (nSPS) is 24.2. The Hall–Kier alpha value is -2.77. The second-order valence-electron chi connectivity index (χ2n) is 8.16. The molecule has 0 radical (unpaired) electrons. The minimum absolute atomic E-state index is 0.0517. The summed E-state index contributed by atoms with van der Waals surface area (Å²) in [5.41, 5.74) is 0.758. The molecule has 7 nitrogen and oxygen atoms in total. The molecule has 1 heterocycles. The van der Waals surface area contributed by atoms with E-state index in [4.69, 9.17) is 0 Å². The quantitative estimate of drug-likeness (QED) is 0.178. The highest BCUT2D eigenvalue weighted by Gasteiger charge is 2.29. The summed E-state index contributed by atoms with van der Waals surface area (Å²) in [7, 11) is 1.63. The van der Waals surface area contributed by atoms with E-state index in [1.165, 1.54) is 11.1 Å². The van der Waals surface area contributed by atoms with Crippen molar-refractivity contribution >= 4 is 18.5 Å². The third-order valence-corrected chi connectivity index (χ3v) is 5.59. The molecule has 1 aliphatic carbocycles. The molecule has 1 unspecified atom stereocenters. The van der Waals surface area contributed by atoms with Crippen molar-refractivity contribution in [3.63, 3.8) is 0 Å². The van der Waals surface area contributed by atoms with Crippen LogP contribution < -0.4 is 10.6 Å². The summed E-state index contributed by atoms with van der Waals surface area (Å²) in [4.78, 5) is 28.3. The number of aliphatic hydroxyl groups excluding tert-OH is 1. The van der Waals surface area contributed by atoms with E-state index in [1.807, 2.05) is 30.4 Å². The van der Waals surface area contributed by atoms with E-state index in [1.54, 1.807) is 19.3 Å². The molecule has 174 valence electrons. The highest BCUT2D eigenvalue weighted by molar-refractivity contribution is 5.82. The number of aliphatic imine (C=N–C) groups is 1. The first kappa shape index (κ1) is 25.5. The van der Waals surface area contributed by atoms with Crippen LogP contribution in [0.2, 0.25) is 0 Å². The summed E-state index contributed by atoms with van der Waals surface area (Å²) in [6.07, 6.45) is 22.4. The summed E-state index contributed by atoms with van der Waals surface area (Å²) in [6, 6.07) is 0.492. The number of aliphatic hydroxyl groups is 1. The van der Waals surface area contributed by atoms with Gasteiger partial charge in [-0.05, 0) is 56.6 Å². The lowest BCUT2D eigenvalue weighted by Crippen LogP contribution is -2.38. The monoisotopic (exact) mass is 440 g/mol. The smallest absolute Gasteiger partial charge is 0.244 e. The summed E-state index contributed by atoms with van der Waals surface area (Å²) < 4.78 is 0. The lowest BCUT2D eigenvalue weighted by molar-refractivity contribution is -0.125. The number of allylic oxidation sites excluding steroid dienone is 6. The minimum Gasteiger partial charge on any atom is -0.387 e. The van der Waals surface area contributed by atoms with Gasteiger partial charge in [0.05, 0.1) is 6.10 Å². The van der Waals surface area contributed by atoms with Crippen molar-refractivity contribution in [2.24, 2.45) is 10.9 Å². The first-order valence-corrected chi connectivity index (χ1v) is 11.3. The Morgan fingerprint density at radius 3 is 2.97 bits per heavy atom. The van der Waals surface area contributed by atoms with Crippen LogP contribution in [0.5, 0.6) is 0 Å². The van der Waals surface area contributed by atoms with Crippen molar-refractivity contribution in [3.8, 4) is 0 Å². The number of hydrogen-bond acceptors (Lipinski definition) is 5. The van der Waals surface area contributed by atoms with E-state index in [-0.39, 0.29) is 18.5 Å². The molecule has 1 fully saturated rings. The maximum atomic E-state index is 12.2. The molecule has 7 heteroatoms. The molecule has 0 spiro atoms. The van der Waals surface area contributed by atoms with Crippen LogP contribution >= 0.6 is 0 Å². The average molecular weight is 441 g/mol. The number of nitrogens with zero attached hydrogens (tertiary/aromatic N) is 2. The van der Waals surface area contributed by atoms with Crippen molar-refractivity contribution in [2.75, 3.05) is 13.6 Å². The molecule has 2 rings (SSSR count). The Labute approximate surface area is 191 Å². The molecule has 0 aromatic rings. The van der Waals surface area contributed by atoms with Crippen LogP contribution in [0, 0.1) is 5.92 Å². The van der Waals surface area contributed by atoms with E-state index >= 15 is 0 Å². The molecule has 0 saturated carbocycles. The van der Waals surface area contributed by atoms with E-state index < -0.39 is 6.10 Å². The zero-order valence-corrected chi connectivity index (χ0v) is 18.9. The van der Waals surface area contributed by atoms with Gasteiger partial charge in [-0.15, -0.1) is 6.58 Å². The van der Waals surface area contributed by atoms with E-state index in [0.29, 0.717) is 18.4 Å². The maximum Gasteiger partial charge on any atom is 0.244 e. The first-order valence-electron chi connectivity index (χ1n) is 11.3. The van der Waals surface area contributed by atoms with Crippen LogP contribution in [-0.4, -0.2) is 60.3 Å². The predicted octanol–water partition coefficient (Wildman–Crippen LogP) is 2.63. The molecule has 3 N–H and O–H groups in total. The SMILES string of the molecule is C=CCC/C=C/[C@@H](O)[C@H]1CC[C@@H](CC2C=CC(NC(=O)CN(C=O)/C=C\C=NC)=CC2)N1. The van der Waals surface area contributed by atoms with Crippen molar-refractivity contribution in [2.45, 2.75) is 56.7 Å². The Kier molecular flexibility index (Phi) is 11.4. The third kappa shape index (κ3) is 9.16. The summed E-state index contributed by atoms with van der Waals surface area (Å²) in [6.45, 7) is 3.65. The van der Waals surface area contributed by atoms with E-state index in [2.05, 4.69) is 28.3 Å². The number of rotatable bonds is 13. The van der Waals surface area contributed by atoms with Gasteiger partial charge in [0.1, 0.15) is 6.54 Å². The predicted molar refractivity (Wildman–Crippen MR) is 129 cm³/mol. The minimum atomic E-state index is -0.455. The molecular weight excluding hydrogens is 404 g/mol. The summed E-state index contributed by atoms with van der Waals surface area (Å²) >= 11 is 0. The summed E-state index contributed by atoms with van der Waals surface area (Å²) in [5, 5.41) is 16.8. The molecule has 0 aromatic heterocycles. The van der Waals surface area contributed by atoms with Crippen LogP contribution in [-0.2, 0) is 9.59 Å². The highest BCUT2D eigenvalue weighted by atomic mass is 16.3. The van der Waals surface area contributed by atoms with Crippen molar-refractivity contribution in [1.29, 1.82) is 0 Å². The van der Waals surface area contributed by atoms with E-state index in [9.17, 15) is 14.7 Å². The fourth-order valence-electron chi connectivity index (χ4n) is 3.91. The van der Waals surface area contributed by atoms with Gasteiger partial charge in [0.25, 0.3) is 0 Å². The molecule has 32 heavy (non-hydrogen) atoms. The van der Waals surface area contributed by atoms with Gasteiger partial charge >= 0.3 is 0 Å². The Morgan fingerprint density at radius 1 is 1.44 bits per heavy atom. The van der Waals surface area contributed by atoms with Crippen LogP contribution in [0.1, 0.15) is 38.5 Å². The van der Waals surface area contributed by atoms with Crippen LogP contribution in [0.25, 0.3) is 0 Å². The molecule has 4 atom stereocenters. The van der Waals surface area contributed by atoms with Crippen LogP contribution in [0.4, 0.5) is 0 Å². The Bertz CT molecular complexity index is 769. The zero-order chi connectivity index (χ0) is 23.2. The largest absolute Gasteiger partial charge is 0.387 e. The molecule has 0 bridgehead atoms. The number of carbonyl (C=O) groups is 2. The standard InChI is InChI=1S/C25H36N4O3/c1-3-4-5-6-8-24(31)23-14-13-22(27-23)17-20-9-11-21(12-10-20)28-25(32)18-29(19-30)16-7-15-26-2/h3,6-9,11-12,15-16,19-20,22-24,27,31H,1,4-5,10,13-14,17-18H2,2H3,(H,28,32)/b8-6+,16-7-,26-15?/t20?,22-,23+,24+/m0/s1. The van der Waals surface area contributed by atoms with Gasteiger partial charge in [-0.3, -0.25) is 14.6 Å². The van der Waals surface area contributed by atoms with Gasteiger partial charge < -0.3 is 20.6 Å². The lowest BCUT2D eigenvalue weighted by atomic mass is 9.92. The number of hydrogen-bond donors (Lipinski definition) is 3. The molecule has 2 amide bonds.